The summed E-state index contributed by atoms with van der Waals surface area (Å²) >= 11 is 0. The Hall–Kier alpha value is -1.81. The first kappa shape index (κ1) is 17.0. The van der Waals surface area contributed by atoms with Crippen LogP contribution in [0.5, 0.6) is 5.75 Å². The van der Waals surface area contributed by atoms with E-state index < -0.39 is 0 Å². The van der Waals surface area contributed by atoms with Gasteiger partial charge in [0, 0.05) is 13.2 Å². The van der Waals surface area contributed by atoms with Crippen molar-refractivity contribution in [3.63, 3.8) is 0 Å². The first-order valence-electron chi connectivity index (χ1n) is 9.12. The number of nitrogens with one attached hydrogen (secondary N) is 1. The number of carbonyl (C=O) groups is 1. The lowest BCUT2D eigenvalue weighted by molar-refractivity contribution is 0.0670. The Labute approximate surface area is 144 Å². The van der Waals surface area contributed by atoms with Crippen LogP contribution in [-0.4, -0.2) is 31.8 Å². The highest BCUT2D eigenvalue weighted by Gasteiger charge is 2.18. The summed E-state index contributed by atoms with van der Waals surface area (Å²) in [5.74, 6) is 0.580. The minimum Gasteiger partial charge on any atom is -0.490 e. The van der Waals surface area contributed by atoms with Crippen LogP contribution in [0.2, 0.25) is 0 Å². The van der Waals surface area contributed by atoms with E-state index in [1.807, 2.05) is 24.3 Å². The molecule has 1 saturated heterocycles. The van der Waals surface area contributed by atoms with E-state index in [4.69, 9.17) is 9.47 Å². The van der Waals surface area contributed by atoms with Gasteiger partial charge in [-0.25, -0.2) is 0 Å². The summed E-state index contributed by atoms with van der Waals surface area (Å²) in [7, 11) is 0. The number of carbonyl (C=O) groups excluding carboxylic acids is 1. The Morgan fingerprint density at radius 1 is 1.25 bits per heavy atom. The molecule has 1 aliphatic carbocycles. The highest BCUT2D eigenvalue weighted by Crippen LogP contribution is 2.21. The normalized spacial score (nSPS) is 20.5. The summed E-state index contributed by atoms with van der Waals surface area (Å²) in [5.41, 5.74) is 2.08. The summed E-state index contributed by atoms with van der Waals surface area (Å²) in [5, 5.41) is 3.02. The number of ether oxygens (including phenoxy) is 2. The van der Waals surface area contributed by atoms with E-state index in [2.05, 4.69) is 11.4 Å². The van der Waals surface area contributed by atoms with Gasteiger partial charge in [0.25, 0.3) is 5.91 Å². The third-order valence-electron chi connectivity index (χ3n) is 4.70. The third kappa shape index (κ3) is 4.84. The van der Waals surface area contributed by atoms with Gasteiger partial charge in [0.1, 0.15) is 12.4 Å². The van der Waals surface area contributed by atoms with Gasteiger partial charge in [0.2, 0.25) is 0 Å². The highest BCUT2D eigenvalue weighted by molar-refractivity contribution is 5.96. The molecule has 1 N–H and O–H groups in total. The smallest absolute Gasteiger partial charge is 0.255 e. The van der Waals surface area contributed by atoms with Gasteiger partial charge in [-0.3, -0.25) is 4.79 Å². The zero-order valence-electron chi connectivity index (χ0n) is 14.3. The van der Waals surface area contributed by atoms with Crippen LogP contribution in [0.25, 0.3) is 0 Å². The van der Waals surface area contributed by atoms with Crippen molar-refractivity contribution in [1.82, 2.24) is 5.32 Å². The average molecular weight is 329 g/mol. The number of benzene rings is 1. The fourth-order valence-corrected chi connectivity index (χ4v) is 3.30. The second kappa shape index (κ2) is 8.88. The Bertz CT molecular complexity index is 576. The topological polar surface area (TPSA) is 47.6 Å². The maximum absolute atomic E-state index is 12.5. The second-order valence-electron chi connectivity index (χ2n) is 6.56. The first-order chi connectivity index (χ1) is 11.8. The Morgan fingerprint density at radius 3 is 2.96 bits per heavy atom. The summed E-state index contributed by atoms with van der Waals surface area (Å²) < 4.78 is 11.4. The molecule has 1 heterocycles. The van der Waals surface area contributed by atoms with E-state index in [9.17, 15) is 4.79 Å². The van der Waals surface area contributed by atoms with Gasteiger partial charge in [0.05, 0.1) is 11.7 Å². The van der Waals surface area contributed by atoms with Gasteiger partial charge in [-0.15, -0.1) is 0 Å². The van der Waals surface area contributed by atoms with E-state index in [0.29, 0.717) is 24.5 Å². The molecule has 0 bridgehead atoms. The summed E-state index contributed by atoms with van der Waals surface area (Å²) in [6.07, 6.45) is 10.5. The number of hydrogen-bond acceptors (Lipinski definition) is 3. The molecule has 4 nitrogen and oxygen atoms in total. The maximum Gasteiger partial charge on any atom is 0.255 e. The number of rotatable bonds is 7. The molecule has 1 unspecified atom stereocenters. The molecule has 0 aromatic heterocycles. The highest BCUT2D eigenvalue weighted by atomic mass is 16.5. The van der Waals surface area contributed by atoms with Gasteiger partial charge in [-0.1, -0.05) is 23.8 Å². The first-order valence-corrected chi connectivity index (χ1v) is 9.12. The van der Waals surface area contributed by atoms with Gasteiger partial charge in [0.15, 0.2) is 0 Å². The van der Waals surface area contributed by atoms with Crippen molar-refractivity contribution in [3.8, 4) is 5.75 Å². The van der Waals surface area contributed by atoms with Crippen molar-refractivity contribution in [1.29, 1.82) is 0 Å². The molecule has 1 aliphatic heterocycles. The number of amides is 1. The molecule has 0 spiro atoms. The van der Waals surface area contributed by atoms with E-state index in [1.165, 1.54) is 31.3 Å². The fourth-order valence-electron chi connectivity index (χ4n) is 3.30. The number of hydrogen-bond donors (Lipinski definition) is 1. The van der Waals surface area contributed by atoms with Crippen LogP contribution in [-0.2, 0) is 4.74 Å². The van der Waals surface area contributed by atoms with Crippen molar-refractivity contribution >= 4 is 5.91 Å². The van der Waals surface area contributed by atoms with Crippen LogP contribution in [0.15, 0.2) is 35.9 Å². The van der Waals surface area contributed by atoms with Crippen LogP contribution in [0.3, 0.4) is 0 Å². The average Bonchev–Trinajstić information content (AvgIpc) is 3.14. The quantitative estimate of drug-likeness (QED) is 0.773. The molecule has 0 saturated carbocycles. The van der Waals surface area contributed by atoms with Crippen molar-refractivity contribution < 1.29 is 14.3 Å². The molecule has 130 valence electrons. The van der Waals surface area contributed by atoms with Crippen molar-refractivity contribution in [3.05, 3.63) is 41.5 Å². The molecule has 1 aromatic carbocycles. The van der Waals surface area contributed by atoms with E-state index in [0.717, 1.165) is 25.9 Å². The van der Waals surface area contributed by atoms with E-state index in [-0.39, 0.29) is 12.0 Å². The molecule has 1 fully saturated rings. The van der Waals surface area contributed by atoms with Crippen molar-refractivity contribution in [2.24, 2.45) is 0 Å². The van der Waals surface area contributed by atoms with Crippen LogP contribution in [0.1, 0.15) is 55.3 Å². The predicted molar refractivity (Wildman–Crippen MR) is 94.4 cm³/mol. The molecule has 0 radical (unpaired) electrons. The van der Waals surface area contributed by atoms with Gasteiger partial charge < -0.3 is 14.8 Å². The summed E-state index contributed by atoms with van der Waals surface area (Å²) in [6.45, 7) is 2.01. The Kier molecular flexibility index (Phi) is 6.30. The Balaban J connectivity index is 1.50. The lowest BCUT2D eigenvalue weighted by Crippen LogP contribution is -2.26. The zero-order valence-corrected chi connectivity index (χ0v) is 14.3. The van der Waals surface area contributed by atoms with Gasteiger partial charge in [-0.05, 0) is 57.1 Å². The van der Waals surface area contributed by atoms with Crippen LogP contribution < -0.4 is 10.1 Å². The molecule has 1 amide bonds. The number of para-hydroxylation sites is 1. The third-order valence-corrected chi connectivity index (χ3v) is 4.70. The van der Waals surface area contributed by atoms with Crippen LogP contribution >= 0.6 is 0 Å². The molecule has 3 rings (SSSR count). The molecular weight excluding hydrogens is 302 g/mol. The fraction of sp³-hybridized carbons (Fsp3) is 0.550. The predicted octanol–water partition coefficient (Wildman–Crippen LogP) is 3.86. The van der Waals surface area contributed by atoms with Crippen LogP contribution in [0, 0.1) is 0 Å². The van der Waals surface area contributed by atoms with Crippen molar-refractivity contribution in [2.75, 3.05) is 19.8 Å². The summed E-state index contributed by atoms with van der Waals surface area (Å²) in [6, 6.07) is 7.44. The largest absolute Gasteiger partial charge is 0.490 e. The van der Waals surface area contributed by atoms with Gasteiger partial charge >= 0.3 is 0 Å². The van der Waals surface area contributed by atoms with Crippen molar-refractivity contribution in [2.45, 2.75) is 51.0 Å². The zero-order chi connectivity index (χ0) is 16.6. The summed E-state index contributed by atoms with van der Waals surface area (Å²) in [4.78, 5) is 12.5. The molecule has 1 atom stereocenters. The molecule has 4 heteroatoms. The minimum absolute atomic E-state index is 0.0608. The monoisotopic (exact) mass is 329 g/mol. The van der Waals surface area contributed by atoms with Gasteiger partial charge in [-0.2, -0.15) is 0 Å². The second-order valence-corrected chi connectivity index (χ2v) is 6.56. The molecule has 2 aliphatic rings. The van der Waals surface area contributed by atoms with E-state index in [1.54, 1.807) is 0 Å². The molecular formula is C20H27NO3. The standard InChI is InChI=1S/C20H27NO3/c22-20(21-13-12-16-7-2-1-3-8-16)18-10-4-5-11-19(18)24-15-17-9-6-14-23-17/h4-5,7,10-11,17H,1-3,6,8-9,12-15H2,(H,21,22). The molecule has 1 aromatic rings. The SMILES string of the molecule is O=C(NCCC1=CCCCC1)c1ccccc1OCC1CCCO1. The lowest BCUT2D eigenvalue weighted by Gasteiger charge is -2.15. The Morgan fingerprint density at radius 2 is 2.17 bits per heavy atom. The molecule has 24 heavy (non-hydrogen) atoms. The minimum atomic E-state index is -0.0608. The maximum atomic E-state index is 12.5. The van der Waals surface area contributed by atoms with Crippen LogP contribution in [0.4, 0.5) is 0 Å². The lowest BCUT2D eigenvalue weighted by atomic mass is 9.97. The van der Waals surface area contributed by atoms with E-state index >= 15 is 0 Å². The number of allylic oxidation sites excluding steroid dienone is 1.